The maximum absolute atomic E-state index is 14.2. The van der Waals surface area contributed by atoms with Gasteiger partial charge in [0.05, 0.1) is 27.5 Å². The molecule has 0 spiro atoms. The molecule has 1 aliphatic rings. The van der Waals surface area contributed by atoms with Crippen LogP contribution in [-0.2, 0) is 0 Å². The van der Waals surface area contributed by atoms with Crippen molar-refractivity contribution < 1.29 is 4.39 Å². The molecule has 0 saturated carbocycles. The number of halogens is 3. The molecule has 0 aliphatic carbocycles. The fourth-order valence-corrected chi connectivity index (χ4v) is 4.66. The molecule has 0 saturated heterocycles. The van der Waals surface area contributed by atoms with Crippen molar-refractivity contribution in [2.24, 2.45) is 5.10 Å². The van der Waals surface area contributed by atoms with Crippen LogP contribution in [0.1, 0.15) is 28.5 Å². The highest BCUT2D eigenvalue weighted by Crippen LogP contribution is 2.41. The second-order valence-electron chi connectivity index (χ2n) is 6.14. The summed E-state index contributed by atoms with van der Waals surface area (Å²) in [7, 11) is 0. The predicted molar refractivity (Wildman–Crippen MR) is 108 cm³/mol. The van der Waals surface area contributed by atoms with Gasteiger partial charge in [0.15, 0.2) is 5.82 Å². The number of hydrogen-bond donors (Lipinski definition) is 0. The van der Waals surface area contributed by atoms with E-state index in [4.69, 9.17) is 28.3 Å². The van der Waals surface area contributed by atoms with Crippen LogP contribution in [0.5, 0.6) is 0 Å². The first-order chi connectivity index (χ1) is 12.6. The number of hydrazone groups is 1. The van der Waals surface area contributed by atoms with Crippen molar-refractivity contribution in [1.82, 2.24) is 0 Å². The van der Waals surface area contributed by atoms with Crippen LogP contribution in [0.2, 0.25) is 10.0 Å². The van der Waals surface area contributed by atoms with E-state index in [2.05, 4.69) is 18.4 Å². The Morgan fingerprint density at radius 3 is 2.58 bits per heavy atom. The SMILES string of the molecule is Cc1ccsc1C1CC(c2ccc(Cl)c(F)c2Cl)=NN1c1ccccc1. The van der Waals surface area contributed by atoms with Crippen LogP contribution in [0.25, 0.3) is 0 Å². The number of rotatable bonds is 3. The molecule has 1 aromatic heterocycles. The predicted octanol–water partition coefficient (Wildman–Crippen LogP) is 6.86. The van der Waals surface area contributed by atoms with E-state index < -0.39 is 5.82 Å². The Balaban J connectivity index is 1.80. The van der Waals surface area contributed by atoms with Crippen LogP contribution in [-0.4, -0.2) is 5.71 Å². The number of benzene rings is 2. The summed E-state index contributed by atoms with van der Waals surface area (Å²) < 4.78 is 14.2. The topological polar surface area (TPSA) is 15.6 Å². The molecule has 2 heterocycles. The van der Waals surface area contributed by atoms with E-state index in [9.17, 15) is 4.39 Å². The van der Waals surface area contributed by atoms with E-state index >= 15 is 0 Å². The van der Waals surface area contributed by atoms with Crippen molar-refractivity contribution in [2.75, 3.05) is 5.01 Å². The van der Waals surface area contributed by atoms with Crippen molar-refractivity contribution in [3.05, 3.63) is 85.8 Å². The Morgan fingerprint density at radius 2 is 1.88 bits per heavy atom. The molecule has 26 heavy (non-hydrogen) atoms. The van der Waals surface area contributed by atoms with Gasteiger partial charge in [0.1, 0.15) is 0 Å². The van der Waals surface area contributed by atoms with E-state index in [1.54, 1.807) is 17.4 Å². The van der Waals surface area contributed by atoms with Crippen LogP contribution >= 0.6 is 34.5 Å². The lowest BCUT2D eigenvalue weighted by Crippen LogP contribution is -2.18. The molecule has 0 fully saturated rings. The number of thiophene rings is 1. The maximum atomic E-state index is 14.2. The molecule has 6 heteroatoms. The van der Waals surface area contributed by atoms with E-state index in [0.717, 1.165) is 11.4 Å². The van der Waals surface area contributed by atoms with Crippen molar-refractivity contribution in [3.8, 4) is 0 Å². The molecule has 0 amide bonds. The first-order valence-electron chi connectivity index (χ1n) is 8.16. The summed E-state index contributed by atoms with van der Waals surface area (Å²) in [4.78, 5) is 1.25. The Labute approximate surface area is 165 Å². The lowest BCUT2D eigenvalue weighted by molar-refractivity contribution is 0.628. The van der Waals surface area contributed by atoms with Crippen LogP contribution in [0.3, 0.4) is 0 Å². The first-order valence-corrected chi connectivity index (χ1v) is 9.79. The highest BCUT2D eigenvalue weighted by atomic mass is 35.5. The second-order valence-corrected chi connectivity index (χ2v) is 7.87. The fraction of sp³-hybridized carbons (Fsp3) is 0.150. The molecule has 3 aromatic rings. The fourth-order valence-electron chi connectivity index (χ4n) is 3.17. The lowest BCUT2D eigenvalue weighted by atomic mass is 10.0. The van der Waals surface area contributed by atoms with Crippen molar-refractivity contribution in [3.63, 3.8) is 0 Å². The van der Waals surface area contributed by atoms with Gasteiger partial charge in [0, 0.05) is 16.9 Å². The molecule has 0 bridgehead atoms. The Bertz CT molecular complexity index is 985. The van der Waals surface area contributed by atoms with Crippen molar-refractivity contribution >= 4 is 45.9 Å². The van der Waals surface area contributed by atoms with Gasteiger partial charge in [-0.15, -0.1) is 11.3 Å². The summed E-state index contributed by atoms with van der Waals surface area (Å²) in [5.41, 5.74) is 3.56. The number of nitrogens with zero attached hydrogens (tertiary/aromatic N) is 2. The molecule has 0 radical (unpaired) electrons. The normalized spacial score (nSPS) is 16.8. The smallest absolute Gasteiger partial charge is 0.161 e. The monoisotopic (exact) mass is 404 g/mol. The minimum absolute atomic E-state index is 0.0166. The minimum atomic E-state index is -0.601. The van der Waals surface area contributed by atoms with Crippen LogP contribution in [0.15, 0.2) is 59.0 Å². The van der Waals surface area contributed by atoms with Gasteiger partial charge in [0.25, 0.3) is 0 Å². The van der Waals surface area contributed by atoms with Gasteiger partial charge < -0.3 is 0 Å². The third-order valence-corrected chi connectivity index (χ3v) is 6.26. The summed E-state index contributed by atoms with van der Waals surface area (Å²) in [6.45, 7) is 2.10. The third kappa shape index (κ3) is 3.02. The summed E-state index contributed by atoms with van der Waals surface area (Å²) >= 11 is 13.8. The summed E-state index contributed by atoms with van der Waals surface area (Å²) in [6.07, 6.45) is 0.650. The van der Waals surface area contributed by atoms with Gasteiger partial charge in [-0.25, -0.2) is 4.39 Å². The molecule has 1 atom stereocenters. The Morgan fingerprint density at radius 1 is 1.12 bits per heavy atom. The zero-order valence-electron chi connectivity index (χ0n) is 13.9. The molecule has 4 rings (SSSR count). The first kappa shape index (κ1) is 17.5. The Kier molecular flexibility index (Phi) is 4.74. The average molecular weight is 405 g/mol. The van der Waals surface area contributed by atoms with Gasteiger partial charge in [-0.3, -0.25) is 5.01 Å². The van der Waals surface area contributed by atoms with Gasteiger partial charge >= 0.3 is 0 Å². The molecule has 0 N–H and O–H groups in total. The average Bonchev–Trinajstić information content (AvgIpc) is 3.26. The van der Waals surface area contributed by atoms with Crippen LogP contribution in [0.4, 0.5) is 10.1 Å². The van der Waals surface area contributed by atoms with E-state index in [-0.39, 0.29) is 16.1 Å². The van der Waals surface area contributed by atoms with E-state index in [1.807, 2.05) is 35.3 Å². The van der Waals surface area contributed by atoms with E-state index in [1.165, 1.54) is 16.5 Å². The second kappa shape index (κ2) is 7.03. The number of anilines is 1. The highest BCUT2D eigenvalue weighted by molar-refractivity contribution is 7.10. The number of hydrogen-bond acceptors (Lipinski definition) is 3. The molecular formula is C20H15Cl2FN2S. The number of para-hydroxylation sites is 1. The van der Waals surface area contributed by atoms with E-state index in [0.29, 0.717) is 12.0 Å². The van der Waals surface area contributed by atoms with Gasteiger partial charge in [-0.2, -0.15) is 5.10 Å². The van der Waals surface area contributed by atoms with Crippen LogP contribution in [0, 0.1) is 12.7 Å². The maximum Gasteiger partial charge on any atom is 0.161 e. The van der Waals surface area contributed by atoms with Crippen molar-refractivity contribution in [2.45, 2.75) is 19.4 Å². The minimum Gasteiger partial charge on any atom is -0.257 e. The van der Waals surface area contributed by atoms with Crippen molar-refractivity contribution in [1.29, 1.82) is 0 Å². The summed E-state index contributed by atoms with van der Waals surface area (Å²) in [5.74, 6) is -0.601. The summed E-state index contributed by atoms with van der Waals surface area (Å²) in [6, 6.07) is 15.4. The molecule has 2 nitrogen and oxygen atoms in total. The highest BCUT2D eigenvalue weighted by Gasteiger charge is 2.32. The lowest BCUT2D eigenvalue weighted by Gasteiger charge is -2.23. The molecule has 132 valence electrons. The zero-order valence-corrected chi connectivity index (χ0v) is 16.2. The van der Waals surface area contributed by atoms with Gasteiger partial charge in [0.2, 0.25) is 0 Å². The van der Waals surface area contributed by atoms with Crippen LogP contribution < -0.4 is 5.01 Å². The quantitative estimate of drug-likeness (QED) is 0.435. The Hall–Kier alpha value is -1.88. The summed E-state index contributed by atoms with van der Waals surface area (Å²) in [5, 5.41) is 8.92. The standard InChI is InChI=1S/C20H15Cl2FN2S/c1-12-9-10-26-20(12)17-11-16(14-7-8-15(21)19(23)18(14)22)24-25(17)13-5-3-2-4-6-13/h2-10,17H,11H2,1H3. The van der Waals surface area contributed by atoms with Gasteiger partial charge in [-0.1, -0.05) is 41.4 Å². The molecular weight excluding hydrogens is 390 g/mol. The zero-order chi connectivity index (χ0) is 18.3. The molecule has 2 aromatic carbocycles. The number of aryl methyl sites for hydroxylation is 1. The molecule has 1 unspecified atom stereocenters. The van der Waals surface area contributed by atoms with Gasteiger partial charge in [-0.05, 0) is 48.2 Å². The molecule has 1 aliphatic heterocycles. The largest absolute Gasteiger partial charge is 0.257 e. The third-order valence-electron chi connectivity index (χ3n) is 4.48.